The SMILES string of the molecule is CS(=O)(=O)C1CCCC1(CN)Nc1ccc(F)c(Br)c1. The first kappa shape index (κ1) is 15.7. The molecule has 1 aromatic rings. The first-order chi connectivity index (χ1) is 9.28. The fourth-order valence-corrected chi connectivity index (χ4v) is 5.02. The van der Waals surface area contributed by atoms with Gasteiger partial charge in [-0.15, -0.1) is 0 Å². The Bertz CT molecular complexity index is 608. The number of nitrogens with one attached hydrogen (secondary N) is 1. The number of rotatable bonds is 4. The van der Waals surface area contributed by atoms with E-state index in [1.807, 2.05) is 0 Å². The lowest BCUT2D eigenvalue weighted by atomic mass is 9.96. The van der Waals surface area contributed by atoms with Gasteiger partial charge in [-0.25, -0.2) is 12.8 Å². The van der Waals surface area contributed by atoms with E-state index in [0.717, 1.165) is 6.42 Å². The van der Waals surface area contributed by atoms with Crippen LogP contribution < -0.4 is 11.1 Å². The Morgan fingerprint density at radius 1 is 1.55 bits per heavy atom. The molecule has 0 amide bonds. The molecule has 0 aromatic heterocycles. The van der Waals surface area contributed by atoms with Crippen molar-refractivity contribution in [3.05, 3.63) is 28.5 Å². The predicted octanol–water partition coefficient (Wildman–Crippen LogP) is 2.29. The van der Waals surface area contributed by atoms with Crippen LogP contribution in [-0.2, 0) is 9.84 Å². The molecule has 0 spiro atoms. The second-order valence-corrected chi connectivity index (χ2v) is 8.41. The smallest absolute Gasteiger partial charge is 0.152 e. The van der Waals surface area contributed by atoms with E-state index < -0.39 is 20.6 Å². The molecular formula is C13H18BrFN2O2S. The fourth-order valence-electron chi connectivity index (χ4n) is 2.95. The van der Waals surface area contributed by atoms with E-state index in [-0.39, 0.29) is 12.4 Å². The average molecular weight is 365 g/mol. The van der Waals surface area contributed by atoms with Gasteiger partial charge in [0.2, 0.25) is 0 Å². The second-order valence-electron chi connectivity index (χ2n) is 5.32. The summed E-state index contributed by atoms with van der Waals surface area (Å²) in [5, 5.41) is 2.72. The minimum absolute atomic E-state index is 0.222. The molecule has 0 radical (unpaired) electrons. The van der Waals surface area contributed by atoms with Gasteiger partial charge >= 0.3 is 0 Å². The van der Waals surface area contributed by atoms with E-state index in [2.05, 4.69) is 21.2 Å². The van der Waals surface area contributed by atoms with Gasteiger partial charge in [-0.05, 0) is 53.4 Å². The van der Waals surface area contributed by atoms with E-state index in [9.17, 15) is 12.8 Å². The molecule has 1 fully saturated rings. The molecule has 7 heteroatoms. The largest absolute Gasteiger partial charge is 0.377 e. The molecule has 1 aliphatic carbocycles. The maximum atomic E-state index is 13.3. The minimum Gasteiger partial charge on any atom is -0.377 e. The van der Waals surface area contributed by atoms with Gasteiger partial charge in [-0.2, -0.15) is 0 Å². The fraction of sp³-hybridized carbons (Fsp3) is 0.538. The van der Waals surface area contributed by atoms with Crippen LogP contribution in [0.25, 0.3) is 0 Å². The molecule has 4 nitrogen and oxygen atoms in total. The zero-order valence-electron chi connectivity index (χ0n) is 11.2. The molecule has 1 aliphatic rings. The molecule has 112 valence electrons. The van der Waals surface area contributed by atoms with Gasteiger partial charge in [0.15, 0.2) is 9.84 Å². The molecule has 2 unspecified atom stereocenters. The monoisotopic (exact) mass is 364 g/mol. The first-order valence-electron chi connectivity index (χ1n) is 6.41. The molecule has 1 saturated carbocycles. The normalized spacial score (nSPS) is 26.7. The quantitative estimate of drug-likeness (QED) is 0.859. The number of sulfone groups is 1. The van der Waals surface area contributed by atoms with Gasteiger partial charge in [-0.1, -0.05) is 0 Å². The summed E-state index contributed by atoms with van der Waals surface area (Å²) in [6.45, 7) is 0.222. The van der Waals surface area contributed by atoms with Crippen LogP contribution in [0.5, 0.6) is 0 Å². The number of anilines is 1. The summed E-state index contributed by atoms with van der Waals surface area (Å²) < 4.78 is 37.5. The molecule has 2 atom stereocenters. The molecule has 0 aliphatic heterocycles. The zero-order chi connectivity index (χ0) is 15.0. The third kappa shape index (κ3) is 2.99. The zero-order valence-corrected chi connectivity index (χ0v) is 13.6. The van der Waals surface area contributed by atoms with Gasteiger partial charge < -0.3 is 11.1 Å². The minimum atomic E-state index is -3.19. The van der Waals surface area contributed by atoms with Crippen molar-refractivity contribution in [3.8, 4) is 0 Å². The van der Waals surface area contributed by atoms with Crippen LogP contribution in [0.15, 0.2) is 22.7 Å². The summed E-state index contributed by atoms with van der Waals surface area (Å²) in [6, 6.07) is 4.53. The lowest BCUT2D eigenvalue weighted by Gasteiger charge is -2.35. The van der Waals surface area contributed by atoms with Crippen LogP contribution in [0.1, 0.15) is 19.3 Å². The number of benzene rings is 1. The van der Waals surface area contributed by atoms with Gasteiger partial charge in [-0.3, -0.25) is 0 Å². The van der Waals surface area contributed by atoms with Crippen LogP contribution in [0.3, 0.4) is 0 Å². The molecule has 20 heavy (non-hydrogen) atoms. The highest BCUT2D eigenvalue weighted by Crippen LogP contribution is 2.37. The Balaban J connectivity index is 2.34. The van der Waals surface area contributed by atoms with E-state index in [1.54, 1.807) is 12.1 Å². The van der Waals surface area contributed by atoms with E-state index in [0.29, 0.717) is 23.0 Å². The maximum absolute atomic E-state index is 13.3. The van der Waals surface area contributed by atoms with Crippen LogP contribution >= 0.6 is 15.9 Å². The molecule has 1 aromatic carbocycles. The lowest BCUT2D eigenvalue weighted by molar-refractivity contribution is 0.479. The van der Waals surface area contributed by atoms with Crippen LogP contribution in [0, 0.1) is 5.82 Å². The number of hydrogen-bond acceptors (Lipinski definition) is 4. The third-order valence-corrected chi connectivity index (χ3v) is 6.23. The molecule has 0 saturated heterocycles. The standard InChI is InChI=1S/C13H18BrFN2O2S/c1-20(18,19)12-3-2-6-13(12,8-16)17-9-4-5-11(15)10(14)7-9/h4-5,7,12,17H,2-3,6,8,16H2,1H3. The van der Waals surface area contributed by atoms with Crippen molar-refractivity contribution in [2.45, 2.75) is 30.1 Å². The Morgan fingerprint density at radius 3 is 2.80 bits per heavy atom. The predicted molar refractivity (Wildman–Crippen MR) is 82.0 cm³/mol. The highest BCUT2D eigenvalue weighted by Gasteiger charge is 2.47. The van der Waals surface area contributed by atoms with Crippen LogP contribution in [0.4, 0.5) is 10.1 Å². The van der Waals surface area contributed by atoms with Crippen molar-refractivity contribution in [3.63, 3.8) is 0 Å². The summed E-state index contributed by atoms with van der Waals surface area (Å²) in [5.41, 5.74) is 5.85. The summed E-state index contributed by atoms with van der Waals surface area (Å²) in [5.74, 6) is -0.358. The molecule has 2 rings (SSSR count). The van der Waals surface area contributed by atoms with Crippen molar-refractivity contribution < 1.29 is 12.8 Å². The lowest BCUT2D eigenvalue weighted by Crippen LogP contribution is -2.54. The topological polar surface area (TPSA) is 72.2 Å². The first-order valence-corrected chi connectivity index (χ1v) is 9.15. The van der Waals surface area contributed by atoms with Crippen molar-refractivity contribution in [1.29, 1.82) is 0 Å². The Morgan fingerprint density at radius 2 is 2.25 bits per heavy atom. The van der Waals surface area contributed by atoms with Crippen LogP contribution in [0.2, 0.25) is 0 Å². The Hall–Kier alpha value is -0.660. The number of nitrogens with two attached hydrogens (primary N) is 1. The van der Waals surface area contributed by atoms with E-state index >= 15 is 0 Å². The van der Waals surface area contributed by atoms with Crippen molar-refractivity contribution >= 4 is 31.5 Å². The maximum Gasteiger partial charge on any atom is 0.152 e. The average Bonchev–Trinajstić information content (AvgIpc) is 2.78. The Labute approximate surface area is 127 Å². The third-order valence-electron chi connectivity index (χ3n) is 3.90. The summed E-state index contributed by atoms with van der Waals surface area (Å²) in [7, 11) is -3.19. The van der Waals surface area contributed by atoms with Gasteiger partial charge in [0, 0.05) is 18.5 Å². The Kier molecular flexibility index (Phi) is 4.41. The highest BCUT2D eigenvalue weighted by atomic mass is 79.9. The molecule has 0 heterocycles. The number of hydrogen-bond donors (Lipinski definition) is 2. The molecule has 3 N–H and O–H groups in total. The summed E-state index contributed by atoms with van der Waals surface area (Å²) in [6.07, 6.45) is 3.35. The summed E-state index contributed by atoms with van der Waals surface area (Å²) in [4.78, 5) is 0. The second kappa shape index (κ2) is 5.61. The summed E-state index contributed by atoms with van der Waals surface area (Å²) >= 11 is 3.13. The van der Waals surface area contributed by atoms with Crippen molar-refractivity contribution in [1.82, 2.24) is 0 Å². The van der Waals surface area contributed by atoms with Gasteiger partial charge in [0.05, 0.1) is 15.3 Å². The number of halogens is 2. The van der Waals surface area contributed by atoms with E-state index in [1.165, 1.54) is 12.3 Å². The van der Waals surface area contributed by atoms with Gasteiger partial charge in [0.1, 0.15) is 5.82 Å². The molecule has 0 bridgehead atoms. The van der Waals surface area contributed by atoms with Gasteiger partial charge in [0.25, 0.3) is 0 Å². The van der Waals surface area contributed by atoms with Crippen LogP contribution in [-0.4, -0.2) is 32.0 Å². The van der Waals surface area contributed by atoms with E-state index in [4.69, 9.17) is 5.73 Å². The van der Waals surface area contributed by atoms with Crippen molar-refractivity contribution in [2.75, 3.05) is 18.1 Å². The highest BCUT2D eigenvalue weighted by molar-refractivity contribution is 9.10. The van der Waals surface area contributed by atoms with Crippen molar-refractivity contribution in [2.24, 2.45) is 5.73 Å². The molecular weight excluding hydrogens is 347 g/mol.